The summed E-state index contributed by atoms with van der Waals surface area (Å²) in [4.78, 5) is 23.3. The number of carboxylic acids is 1. The molecule has 2 unspecified atom stereocenters. The number of ether oxygens (including phenoxy) is 1. The molecule has 2 saturated carbocycles. The Morgan fingerprint density at radius 2 is 2.06 bits per heavy atom. The van der Waals surface area contributed by atoms with E-state index in [9.17, 15) is 14.7 Å². The lowest BCUT2D eigenvalue weighted by Crippen LogP contribution is -2.56. The third-order valence-electron chi connectivity index (χ3n) is 4.41. The molecular weight excluding hydrogens is 234 g/mol. The molecular formula is C13H21NO4. The van der Waals surface area contributed by atoms with Gasteiger partial charge >= 0.3 is 5.97 Å². The van der Waals surface area contributed by atoms with Crippen molar-refractivity contribution < 1.29 is 19.4 Å². The molecule has 0 aromatic heterocycles. The second kappa shape index (κ2) is 4.53. The first kappa shape index (κ1) is 13.3. The minimum absolute atomic E-state index is 0.00975. The highest BCUT2D eigenvalue weighted by molar-refractivity contribution is 5.89. The molecule has 2 N–H and O–H groups in total. The summed E-state index contributed by atoms with van der Waals surface area (Å²) >= 11 is 0. The second-order valence-electron chi connectivity index (χ2n) is 5.89. The van der Waals surface area contributed by atoms with Crippen LogP contribution >= 0.6 is 0 Å². The van der Waals surface area contributed by atoms with Crippen LogP contribution in [0.5, 0.6) is 0 Å². The van der Waals surface area contributed by atoms with E-state index in [2.05, 4.69) is 5.32 Å². The summed E-state index contributed by atoms with van der Waals surface area (Å²) in [6, 6.07) is 0. The molecule has 5 nitrogen and oxygen atoms in total. The van der Waals surface area contributed by atoms with Crippen LogP contribution in [0.3, 0.4) is 0 Å². The topological polar surface area (TPSA) is 75.6 Å². The number of methoxy groups -OCH3 is 1. The molecule has 1 amide bonds. The van der Waals surface area contributed by atoms with Gasteiger partial charge in [-0.3, -0.25) is 4.79 Å². The molecule has 0 radical (unpaired) electrons. The van der Waals surface area contributed by atoms with Crippen LogP contribution in [0.2, 0.25) is 0 Å². The van der Waals surface area contributed by atoms with Gasteiger partial charge in [0.1, 0.15) is 0 Å². The molecule has 2 rings (SSSR count). The minimum atomic E-state index is -1.33. The zero-order valence-corrected chi connectivity index (χ0v) is 11.0. The van der Waals surface area contributed by atoms with Crippen molar-refractivity contribution in [3.8, 4) is 0 Å². The zero-order valence-electron chi connectivity index (χ0n) is 11.0. The van der Waals surface area contributed by atoms with E-state index in [1.54, 1.807) is 0 Å². The van der Waals surface area contributed by atoms with E-state index in [0.717, 1.165) is 19.3 Å². The molecule has 5 heteroatoms. The highest BCUT2D eigenvalue weighted by Gasteiger charge is 2.59. The molecule has 2 atom stereocenters. The van der Waals surface area contributed by atoms with Crippen LogP contribution in [0.25, 0.3) is 0 Å². The Hall–Kier alpha value is -1.10. The quantitative estimate of drug-likeness (QED) is 0.773. The monoisotopic (exact) mass is 255 g/mol. The summed E-state index contributed by atoms with van der Waals surface area (Å²) < 4.78 is 4.89. The molecule has 0 bridgehead atoms. The van der Waals surface area contributed by atoms with Gasteiger partial charge in [0.2, 0.25) is 5.91 Å². The number of nitrogens with one attached hydrogen (secondary N) is 1. The SMILES string of the molecule is COCC(C)(NC(=O)C1CC12CCCC2)C(=O)O. The van der Waals surface area contributed by atoms with E-state index in [1.165, 1.54) is 26.9 Å². The van der Waals surface area contributed by atoms with Crippen LogP contribution in [0.15, 0.2) is 0 Å². The fraction of sp³-hybridized carbons (Fsp3) is 0.846. The van der Waals surface area contributed by atoms with Gasteiger partial charge in [-0.25, -0.2) is 4.79 Å². The van der Waals surface area contributed by atoms with Crippen molar-refractivity contribution >= 4 is 11.9 Å². The van der Waals surface area contributed by atoms with Crippen molar-refractivity contribution in [2.24, 2.45) is 11.3 Å². The fourth-order valence-corrected chi connectivity index (χ4v) is 3.15. The van der Waals surface area contributed by atoms with Crippen LogP contribution in [-0.2, 0) is 14.3 Å². The summed E-state index contributed by atoms with van der Waals surface area (Å²) in [5.74, 6) is -1.17. The van der Waals surface area contributed by atoms with Gasteiger partial charge in [0.25, 0.3) is 0 Å². The van der Waals surface area contributed by atoms with Crippen LogP contribution in [-0.4, -0.2) is 36.2 Å². The second-order valence-corrected chi connectivity index (χ2v) is 5.89. The molecule has 0 saturated heterocycles. The summed E-state index contributed by atoms with van der Waals surface area (Å²) in [5.41, 5.74) is -1.13. The van der Waals surface area contributed by atoms with Crippen molar-refractivity contribution in [1.29, 1.82) is 0 Å². The Morgan fingerprint density at radius 3 is 2.56 bits per heavy atom. The molecule has 0 heterocycles. The normalized spacial score (nSPS) is 27.8. The predicted octanol–water partition coefficient (Wildman–Crippen LogP) is 1.17. The zero-order chi connectivity index (χ0) is 13.4. The highest BCUT2D eigenvalue weighted by Crippen LogP contribution is 2.62. The van der Waals surface area contributed by atoms with Gasteiger partial charge in [-0.15, -0.1) is 0 Å². The lowest BCUT2D eigenvalue weighted by molar-refractivity contribution is -0.149. The minimum Gasteiger partial charge on any atom is -0.479 e. The van der Waals surface area contributed by atoms with Crippen molar-refractivity contribution in [3.05, 3.63) is 0 Å². The standard InChI is InChI=1S/C13H21NO4/c1-12(8-18-2,11(16)17)14-10(15)9-7-13(9)5-3-4-6-13/h9H,3-8H2,1-2H3,(H,14,15)(H,16,17). The average molecular weight is 255 g/mol. The van der Waals surface area contributed by atoms with E-state index in [1.807, 2.05) is 0 Å². The summed E-state index contributed by atoms with van der Waals surface area (Å²) in [6.45, 7) is 1.47. The molecule has 2 fully saturated rings. The Bertz CT molecular complexity index is 362. The van der Waals surface area contributed by atoms with Gasteiger partial charge < -0.3 is 15.2 Å². The van der Waals surface area contributed by atoms with Crippen molar-refractivity contribution in [2.75, 3.05) is 13.7 Å². The molecule has 18 heavy (non-hydrogen) atoms. The Morgan fingerprint density at radius 1 is 1.44 bits per heavy atom. The third kappa shape index (κ3) is 2.23. The Labute approximate surface area is 107 Å². The first-order valence-electron chi connectivity index (χ1n) is 6.48. The lowest BCUT2D eigenvalue weighted by atomic mass is 9.99. The maximum absolute atomic E-state index is 12.1. The number of carbonyl (C=O) groups is 2. The van der Waals surface area contributed by atoms with E-state index in [4.69, 9.17) is 4.74 Å². The smallest absolute Gasteiger partial charge is 0.331 e. The first-order valence-corrected chi connectivity index (χ1v) is 6.48. The van der Waals surface area contributed by atoms with Gasteiger partial charge in [0, 0.05) is 13.0 Å². The maximum Gasteiger partial charge on any atom is 0.331 e. The Balaban J connectivity index is 1.96. The summed E-state index contributed by atoms with van der Waals surface area (Å²) in [7, 11) is 1.43. The van der Waals surface area contributed by atoms with E-state index >= 15 is 0 Å². The molecule has 2 aliphatic rings. The molecule has 1 spiro atoms. The molecule has 2 aliphatic carbocycles. The van der Waals surface area contributed by atoms with Gasteiger partial charge in [0.15, 0.2) is 5.54 Å². The van der Waals surface area contributed by atoms with Gasteiger partial charge in [0.05, 0.1) is 6.61 Å². The van der Waals surface area contributed by atoms with Gasteiger partial charge in [-0.2, -0.15) is 0 Å². The van der Waals surface area contributed by atoms with Crippen LogP contribution in [0.1, 0.15) is 39.0 Å². The number of hydrogen-bond donors (Lipinski definition) is 2. The molecule has 102 valence electrons. The Kier molecular flexibility index (Phi) is 3.36. The van der Waals surface area contributed by atoms with Gasteiger partial charge in [-0.1, -0.05) is 12.8 Å². The average Bonchev–Trinajstić information content (AvgIpc) is 2.77. The highest BCUT2D eigenvalue weighted by atomic mass is 16.5. The number of carbonyl (C=O) groups excluding carboxylic acids is 1. The van der Waals surface area contributed by atoms with Crippen molar-refractivity contribution in [2.45, 2.75) is 44.6 Å². The van der Waals surface area contributed by atoms with Crippen LogP contribution in [0, 0.1) is 11.3 Å². The number of amides is 1. The van der Waals surface area contributed by atoms with Crippen molar-refractivity contribution in [3.63, 3.8) is 0 Å². The molecule has 0 aromatic rings. The fourth-order valence-electron chi connectivity index (χ4n) is 3.15. The first-order chi connectivity index (χ1) is 8.43. The maximum atomic E-state index is 12.1. The predicted molar refractivity (Wildman–Crippen MR) is 65.1 cm³/mol. The van der Waals surface area contributed by atoms with Gasteiger partial charge in [-0.05, 0) is 31.6 Å². The number of aliphatic carboxylic acids is 1. The van der Waals surface area contributed by atoms with Crippen molar-refractivity contribution in [1.82, 2.24) is 5.32 Å². The van der Waals surface area contributed by atoms with Crippen LogP contribution < -0.4 is 5.32 Å². The third-order valence-corrected chi connectivity index (χ3v) is 4.41. The van der Waals surface area contributed by atoms with E-state index < -0.39 is 11.5 Å². The lowest BCUT2D eigenvalue weighted by Gasteiger charge is -2.25. The van der Waals surface area contributed by atoms with E-state index in [0.29, 0.717) is 0 Å². The molecule has 0 aromatic carbocycles. The number of hydrogen-bond acceptors (Lipinski definition) is 3. The largest absolute Gasteiger partial charge is 0.479 e. The summed E-state index contributed by atoms with van der Waals surface area (Å²) in [5, 5.41) is 11.8. The van der Waals surface area contributed by atoms with E-state index in [-0.39, 0.29) is 23.8 Å². The number of carboxylic acid groups (broad SMARTS) is 1. The number of rotatable bonds is 5. The molecule has 0 aliphatic heterocycles. The van der Waals surface area contributed by atoms with Crippen LogP contribution in [0.4, 0.5) is 0 Å². The summed E-state index contributed by atoms with van der Waals surface area (Å²) in [6.07, 6.45) is 5.52.